The molecule has 1 N–H and O–H groups in total. The van der Waals surface area contributed by atoms with Gasteiger partial charge in [0.2, 0.25) is 18.6 Å². The quantitative estimate of drug-likeness (QED) is 0.907. The molecule has 0 atom stereocenters. The monoisotopic (exact) mass is 340 g/mol. The van der Waals surface area contributed by atoms with Crippen LogP contribution in [-0.2, 0) is 16.1 Å². The van der Waals surface area contributed by atoms with Gasteiger partial charge < -0.3 is 19.7 Å². The third-order valence-electron chi connectivity index (χ3n) is 3.92. The molecule has 2 aromatic rings. The van der Waals surface area contributed by atoms with Crippen LogP contribution in [0.15, 0.2) is 42.5 Å². The average Bonchev–Trinajstić information content (AvgIpc) is 3.05. The maximum atomic E-state index is 12.3. The van der Waals surface area contributed by atoms with Crippen LogP contribution in [0.25, 0.3) is 0 Å². The Kier molecular flexibility index (Phi) is 4.88. The van der Waals surface area contributed by atoms with Gasteiger partial charge in [-0.05, 0) is 24.6 Å². The molecule has 0 saturated heterocycles. The van der Waals surface area contributed by atoms with Crippen LogP contribution in [0.5, 0.6) is 11.5 Å². The van der Waals surface area contributed by atoms with Gasteiger partial charge in [0.15, 0.2) is 11.5 Å². The second-order valence-corrected chi connectivity index (χ2v) is 5.91. The summed E-state index contributed by atoms with van der Waals surface area (Å²) < 4.78 is 10.6. The lowest BCUT2D eigenvalue weighted by Crippen LogP contribution is -2.39. The van der Waals surface area contributed by atoms with Crippen molar-refractivity contribution in [3.8, 4) is 11.5 Å². The van der Waals surface area contributed by atoms with Gasteiger partial charge in [-0.1, -0.05) is 29.8 Å². The van der Waals surface area contributed by atoms with E-state index in [1.54, 1.807) is 18.2 Å². The molecule has 0 saturated carbocycles. The Labute approximate surface area is 146 Å². The summed E-state index contributed by atoms with van der Waals surface area (Å²) in [6.45, 7) is 3.96. The molecule has 0 bridgehead atoms. The molecule has 130 valence electrons. The van der Waals surface area contributed by atoms with E-state index in [2.05, 4.69) is 5.32 Å². The van der Waals surface area contributed by atoms with E-state index in [0.29, 0.717) is 23.7 Å². The number of hydrogen-bond acceptors (Lipinski definition) is 4. The fraction of sp³-hybridized carbons (Fsp3) is 0.263. The SMILES string of the molecule is CC(=O)N(CC(=O)NCc1cccc(C)c1)c1ccc2c(c1)OCO2. The molecule has 0 fully saturated rings. The Morgan fingerprint density at radius 2 is 1.92 bits per heavy atom. The number of amides is 2. The molecule has 3 rings (SSSR count). The zero-order chi connectivity index (χ0) is 17.8. The van der Waals surface area contributed by atoms with Gasteiger partial charge in [-0.25, -0.2) is 0 Å². The number of nitrogens with zero attached hydrogens (tertiary/aromatic N) is 1. The molecule has 0 spiro atoms. The van der Waals surface area contributed by atoms with E-state index in [1.165, 1.54) is 11.8 Å². The number of rotatable bonds is 5. The summed E-state index contributed by atoms with van der Waals surface area (Å²) in [5, 5.41) is 2.84. The fourth-order valence-electron chi connectivity index (χ4n) is 2.66. The van der Waals surface area contributed by atoms with Gasteiger partial charge in [-0.3, -0.25) is 9.59 Å². The minimum absolute atomic E-state index is 0.0548. The Balaban J connectivity index is 1.65. The number of carbonyl (C=O) groups is 2. The summed E-state index contributed by atoms with van der Waals surface area (Å²) in [5.41, 5.74) is 2.76. The number of carbonyl (C=O) groups excluding carboxylic acids is 2. The van der Waals surface area contributed by atoms with Gasteiger partial charge in [-0.2, -0.15) is 0 Å². The lowest BCUT2D eigenvalue weighted by Gasteiger charge is -2.21. The predicted molar refractivity (Wildman–Crippen MR) is 93.6 cm³/mol. The largest absolute Gasteiger partial charge is 0.454 e. The number of fused-ring (bicyclic) bond motifs is 1. The molecule has 2 amide bonds. The van der Waals surface area contributed by atoms with Gasteiger partial charge in [0.05, 0.1) is 0 Å². The summed E-state index contributed by atoms with van der Waals surface area (Å²) in [6, 6.07) is 13.1. The first-order valence-corrected chi connectivity index (χ1v) is 8.03. The third-order valence-corrected chi connectivity index (χ3v) is 3.92. The summed E-state index contributed by atoms with van der Waals surface area (Å²) in [6.07, 6.45) is 0. The second kappa shape index (κ2) is 7.25. The number of nitrogens with one attached hydrogen (secondary N) is 1. The van der Waals surface area contributed by atoms with Crippen LogP contribution in [0.2, 0.25) is 0 Å². The summed E-state index contributed by atoms with van der Waals surface area (Å²) >= 11 is 0. The zero-order valence-electron chi connectivity index (χ0n) is 14.2. The van der Waals surface area contributed by atoms with Crippen molar-refractivity contribution in [1.82, 2.24) is 5.32 Å². The first-order chi connectivity index (χ1) is 12.0. The van der Waals surface area contributed by atoms with E-state index in [9.17, 15) is 9.59 Å². The molecule has 1 aliphatic heterocycles. The van der Waals surface area contributed by atoms with Crippen molar-refractivity contribution in [2.75, 3.05) is 18.2 Å². The predicted octanol–water partition coefficient (Wildman–Crippen LogP) is 2.39. The summed E-state index contributed by atoms with van der Waals surface area (Å²) in [7, 11) is 0. The Morgan fingerprint density at radius 3 is 2.68 bits per heavy atom. The molecule has 2 aromatic carbocycles. The molecule has 6 heteroatoms. The highest BCUT2D eigenvalue weighted by atomic mass is 16.7. The fourth-order valence-corrected chi connectivity index (χ4v) is 2.66. The molecule has 1 aliphatic rings. The van der Waals surface area contributed by atoms with Crippen molar-refractivity contribution in [3.05, 3.63) is 53.6 Å². The first kappa shape index (κ1) is 16.8. The van der Waals surface area contributed by atoms with E-state index in [0.717, 1.165) is 11.1 Å². The molecule has 0 aromatic heterocycles. The third kappa shape index (κ3) is 4.09. The van der Waals surface area contributed by atoms with Crippen molar-refractivity contribution < 1.29 is 19.1 Å². The van der Waals surface area contributed by atoms with Crippen LogP contribution in [0.3, 0.4) is 0 Å². The smallest absolute Gasteiger partial charge is 0.240 e. The van der Waals surface area contributed by atoms with E-state index in [1.807, 2.05) is 31.2 Å². The first-order valence-electron chi connectivity index (χ1n) is 8.03. The number of ether oxygens (including phenoxy) is 2. The summed E-state index contributed by atoms with van der Waals surface area (Å²) in [5.74, 6) is 0.763. The van der Waals surface area contributed by atoms with Crippen molar-refractivity contribution in [1.29, 1.82) is 0 Å². The number of benzene rings is 2. The minimum atomic E-state index is -0.227. The molecule has 1 heterocycles. The minimum Gasteiger partial charge on any atom is -0.454 e. The zero-order valence-corrected chi connectivity index (χ0v) is 14.2. The van der Waals surface area contributed by atoms with Crippen LogP contribution < -0.4 is 19.7 Å². The second-order valence-electron chi connectivity index (χ2n) is 5.91. The standard InChI is InChI=1S/C19H20N2O4/c1-13-4-3-5-15(8-13)10-20-19(23)11-21(14(2)22)16-6-7-17-18(9-16)25-12-24-17/h3-9H,10-12H2,1-2H3,(H,20,23). The van der Waals surface area contributed by atoms with Gasteiger partial charge in [0, 0.05) is 25.2 Å². The van der Waals surface area contributed by atoms with Gasteiger partial charge in [0.1, 0.15) is 6.54 Å². The average molecular weight is 340 g/mol. The lowest BCUT2D eigenvalue weighted by molar-refractivity contribution is -0.123. The summed E-state index contributed by atoms with van der Waals surface area (Å²) in [4.78, 5) is 25.6. The van der Waals surface area contributed by atoms with E-state index >= 15 is 0 Å². The van der Waals surface area contributed by atoms with Crippen molar-refractivity contribution in [3.63, 3.8) is 0 Å². The van der Waals surface area contributed by atoms with Crippen LogP contribution in [0, 0.1) is 6.92 Å². The topological polar surface area (TPSA) is 67.9 Å². The van der Waals surface area contributed by atoms with Crippen molar-refractivity contribution in [2.24, 2.45) is 0 Å². The van der Waals surface area contributed by atoms with Gasteiger partial charge in [0.25, 0.3) is 0 Å². The maximum absolute atomic E-state index is 12.3. The Bertz CT molecular complexity index is 804. The number of anilines is 1. The van der Waals surface area contributed by atoms with Crippen LogP contribution >= 0.6 is 0 Å². The van der Waals surface area contributed by atoms with Crippen molar-refractivity contribution >= 4 is 17.5 Å². The Hall–Kier alpha value is -3.02. The van der Waals surface area contributed by atoms with E-state index in [4.69, 9.17) is 9.47 Å². The molecule has 25 heavy (non-hydrogen) atoms. The molecular formula is C19H20N2O4. The molecular weight excluding hydrogens is 320 g/mol. The van der Waals surface area contributed by atoms with E-state index < -0.39 is 0 Å². The molecule has 0 radical (unpaired) electrons. The van der Waals surface area contributed by atoms with Crippen LogP contribution in [0.1, 0.15) is 18.1 Å². The van der Waals surface area contributed by atoms with Gasteiger partial charge >= 0.3 is 0 Å². The highest BCUT2D eigenvalue weighted by molar-refractivity contribution is 5.97. The maximum Gasteiger partial charge on any atom is 0.240 e. The van der Waals surface area contributed by atoms with Gasteiger partial charge in [-0.15, -0.1) is 0 Å². The van der Waals surface area contributed by atoms with Crippen LogP contribution in [0.4, 0.5) is 5.69 Å². The number of hydrogen-bond donors (Lipinski definition) is 1. The highest BCUT2D eigenvalue weighted by Gasteiger charge is 2.20. The molecule has 6 nitrogen and oxygen atoms in total. The van der Waals surface area contributed by atoms with Crippen molar-refractivity contribution in [2.45, 2.75) is 20.4 Å². The number of aryl methyl sites for hydroxylation is 1. The molecule has 0 aliphatic carbocycles. The normalized spacial score (nSPS) is 11.9. The molecule has 0 unspecified atom stereocenters. The lowest BCUT2D eigenvalue weighted by atomic mass is 10.1. The van der Waals surface area contributed by atoms with E-state index in [-0.39, 0.29) is 25.2 Å². The van der Waals surface area contributed by atoms with Crippen LogP contribution in [-0.4, -0.2) is 25.2 Å². The Morgan fingerprint density at radius 1 is 1.12 bits per heavy atom. The highest BCUT2D eigenvalue weighted by Crippen LogP contribution is 2.35.